The summed E-state index contributed by atoms with van der Waals surface area (Å²) in [5.41, 5.74) is 6.24. The van der Waals surface area contributed by atoms with Crippen LogP contribution in [0, 0.1) is 11.3 Å². The first kappa shape index (κ1) is 8.62. The average molecular weight is 181 g/mol. The van der Waals surface area contributed by atoms with E-state index in [0.717, 1.165) is 13.0 Å². The van der Waals surface area contributed by atoms with Crippen molar-refractivity contribution in [3.05, 3.63) is 6.33 Å². The van der Waals surface area contributed by atoms with Gasteiger partial charge in [0.15, 0.2) is 0 Å². The number of rotatable bonds is 3. The predicted octanol–water partition coefficient (Wildman–Crippen LogP) is 0.0465. The third-order valence-corrected chi connectivity index (χ3v) is 3.20. The first-order valence-corrected chi connectivity index (χ1v) is 4.58. The van der Waals surface area contributed by atoms with E-state index >= 15 is 0 Å². The first-order valence-electron chi connectivity index (χ1n) is 4.58. The highest BCUT2D eigenvalue weighted by molar-refractivity contribution is 5.08. The minimum Gasteiger partial charge on any atom is -0.327 e. The second kappa shape index (κ2) is 2.77. The topological polar surface area (TPSA) is 69.6 Å². The quantitative estimate of drug-likeness (QED) is 0.715. The van der Waals surface area contributed by atoms with Gasteiger partial charge in [-0.2, -0.15) is 0 Å². The summed E-state index contributed by atoms with van der Waals surface area (Å²) in [6.45, 7) is 5.29. The third-order valence-electron chi connectivity index (χ3n) is 3.20. The molecule has 0 radical (unpaired) electrons. The van der Waals surface area contributed by atoms with Gasteiger partial charge < -0.3 is 5.73 Å². The molecule has 5 nitrogen and oxygen atoms in total. The van der Waals surface area contributed by atoms with Crippen molar-refractivity contribution in [2.45, 2.75) is 32.9 Å². The minimum absolute atomic E-state index is 0.314. The van der Waals surface area contributed by atoms with E-state index in [-0.39, 0.29) is 0 Å². The molecule has 0 bridgehead atoms. The third kappa shape index (κ3) is 1.44. The summed E-state index contributed by atoms with van der Waals surface area (Å²) in [7, 11) is 0. The molecule has 1 aliphatic carbocycles. The van der Waals surface area contributed by atoms with E-state index in [1.807, 2.05) is 0 Å². The van der Waals surface area contributed by atoms with Crippen LogP contribution in [0.5, 0.6) is 0 Å². The summed E-state index contributed by atoms with van der Waals surface area (Å²) < 4.78 is 1.75. The molecule has 72 valence electrons. The molecule has 2 atom stereocenters. The first-order chi connectivity index (χ1) is 6.12. The van der Waals surface area contributed by atoms with Gasteiger partial charge in [-0.25, -0.2) is 4.68 Å². The van der Waals surface area contributed by atoms with Crippen LogP contribution >= 0.6 is 0 Å². The molecule has 1 saturated carbocycles. The van der Waals surface area contributed by atoms with Crippen molar-refractivity contribution in [2.75, 3.05) is 0 Å². The van der Waals surface area contributed by atoms with Gasteiger partial charge in [0.1, 0.15) is 6.33 Å². The zero-order chi connectivity index (χ0) is 9.47. The van der Waals surface area contributed by atoms with Crippen LogP contribution in [0.1, 0.15) is 20.3 Å². The highest BCUT2D eigenvalue weighted by Crippen LogP contribution is 2.52. The highest BCUT2D eigenvalue weighted by Gasteiger charge is 2.54. The van der Waals surface area contributed by atoms with Crippen molar-refractivity contribution in [3.63, 3.8) is 0 Å². The number of hydrogen-bond acceptors (Lipinski definition) is 4. The lowest BCUT2D eigenvalue weighted by Crippen LogP contribution is -2.07. The van der Waals surface area contributed by atoms with Crippen LogP contribution in [0.25, 0.3) is 0 Å². The van der Waals surface area contributed by atoms with Gasteiger partial charge in [-0.3, -0.25) is 0 Å². The van der Waals surface area contributed by atoms with Crippen LogP contribution < -0.4 is 5.73 Å². The lowest BCUT2D eigenvalue weighted by molar-refractivity contribution is 0.470. The normalized spacial score (nSPS) is 30.4. The standard InChI is InChI=1S/C8H15N5/c1-8(2)6(7(8)9)3-4-13-5-10-11-12-13/h5-7H,3-4,9H2,1-2H3/t6-,7-/m0/s1. The van der Waals surface area contributed by atoms with E-state index < -0.39 is 0 Å². The minimum atomic E-state index is 0.314. The molecule has 0 aromatic carbocycles. The van der Waals surface area contributed by atoms with Gasteiger partial charge in [0, 0.05) is 12.6 Å². The highest BCUT2D eigenvalue weighted by atomic mass is 15.5. The zero-order valence-electron chi connectivity index (χ0n) is 8.01. The molecule has 1 aliphatic rings. The summed E-state index contributed by atoms with van der Waals surface area (Å²) in [5, 5.41) is 11.0. The van der Waals surface area contributed by atoms with Crippen molar-refractivity contribution < 1.29 is 0 Å². The Hall–Kier alpha value is -0.970. The number of nitrogens with two attached hydrogens (primary N) is 1. The zero-order valence-corrected chi connectivity index (χ0v) is 8.01. The van der Waals surface area contributed by atoms with Crippen LogP contribution in [0.3, 0.4) is 0 Å². The van der Waals surface area contributed by atoms with E-state index in [9.17, 15) is 0 Å². The molecule has 5 heteroatoms. The molecule has 2 rings (SSSR count). The molecule has 0 spiro atoms. The summed E-state index contributed by atoms with van der Waals surface area (Å²) in [6.07, 6.45) is 2.71. The number of tetrazole rings is 1. The summed E-state index contributed by atoms with van der Waals surface area (Å²) in [5.74, 6) is 0.622. The lowest BCUT2D eigenvalue weighted by Gasteiger charge is -2.00. The fourth-order valence-corrected chi connectivity index (χ4v) is 1.89. The fraction of sp³-hybridized carbons (Fsp3) is 0.875. The Kier molecular flexibility index (Phi) is 1.83. The number of nitrogens with zero attached hydrogens (tertiary/aromatic N) is 4. The number of hydrogen-bond donors (Lipinski definition) is 1. The molecular weight excluding hydrogens is 166 g/mol. The lowest BCUT2D eigenvalue weighted by atomic mass is 10.1. The van der Waals surface area contributed by atoms with Crippen LogP contribution in [0.4, 0.5) is 0 Å². The van der Waals surface area contributed by atoms with Crippen molar-refractivity contribution in [1.82, 2.24) is 20.2 Å². The Balaban J connectivity index is 1.83. The molecule has 0 saturated heterocycles. The average Bonchev–Trinajstić information content (AvgIpc) is 2.57. The Morgan fingerprint density at radius 1 is 1.54 bits per heavy atom. The van der Waals surface area contributed by atoms with E-state index in [1.54, 1.807) is 11.0 Å². The predicted molar refractivity (Wildman–Crippen MR) is 47.7 cm³/mol. The molecule has 1 fully saturated rings. The van der Waals surface area contributed by atoms with Gasteiger partial charge in [0.25, 0.3) is 0 Å². The van der Waals surface area contributed by atoms with Crippen molar-refractivity contribution in [3.8, 4) is 0 Å². The molecule has 1 aromatic heterocycles. The maximum absolute atomic E-state index is 5.92. The van der Waals surface area contributed by atoms with E-state index in [1.165, 1.54) is 0 Å². The van der Waals surface area contributed by atoms with Gasteiger partial charge in [-0.15, -0.1) is 5.10 Å². The van der Waals surface area contributed by atoms with Crippen LogP contribution in [-0.2, 0) is 6.54 Å². The number of aryl methyl sites for hydroxylation is 1. The molecular formula is C8H15N5. The van der Waals surface area contributed by atoms with E-state index in [4.69, 9.17) is 5.73 Å². The van der Waals surface area contributed by atoms with Gasteiger partial charge in [-0.05, 0) is 28.2 Å². The molecule has 0 aliphatic heterocycles. The maximum atomic E-state index is 5.92. The monoisotopic (exact) mass is 181 g/mol. The van der Waals surface area contributed by atoms with Crippen LogP contribution in [0.2, 0.25) is 0 Å². The molecule has 2 N–H and O–H groups in total. The number of aromatic nitrogens is 4. The Bertz CT molecular complexity index is 279. The van der Waals surface area contributed by atoms with Gasteiger partial charge >= 0.3 is 0 Å². The van der Waals surface area contributed by atoms with Crippen molar-refractivity contribution >= 4 is 0 Å². The molecule has 13 heavy (non-hydrogen) atoms. The van der Waals surface area contributed by atoms with E-state index in [0.29, 0.717) is 17.4 Å². The van der Waals surface area contributed by atoms with Crippen molar-refractivity contribution in [2.24, 2.45) is 17.1 Å². The second-order valence-corrected chi connectivity index (χ2v) is 4.32. The summed E-state index contributed by atoms with van der Waals surface area (Å²) in [4.78, 5) is 0. The smallest absolute Gasteiger partial charge is 0.138 e. The van der Waals surface area contributed by atoms with Gasteiger partial charge in [0.05, 0.1) is 0 Å². The largest absolute Gasteiger partial charge is 0.327 e. The second-order valence-electron chi connectivity index (χ2n) is 4.32. The molecule has 0 amide bonds. The van der Waals surface area contributed by atoms with Crippen molar-refractivity contribution in [1.29, 1.82) is 0 Å². The Morgan fingerprint density at radius 2 is 2.23 bits per heavy atom. The van der Waals surface area contributed by atoms with Gasteiger partial charge in [-0.1, -0.05) is 13.8 Å². The maximum Gasteiger partial charge on any atom is 0.138 e. The summed E-state index contributed by atoms with van der Waals surface area (Å²) >= 11 is 0. The van der Waals surface area contributed by atoms with Crippen LogP contribution in [-0.4, -0.2) is 26.2 Å². The summed E-state index contributed by atoms with van der Waals surface area (Å²) in [6, 6.07) is 0.351. The molecule has 0 unspecified atom stereocenters. The van der Waals surface area contributed by atoms with E-state index in [2.05, 4.69) is 29.4 Å². The Morgan fingerprint density at radius 3 is 2.69 bits per heavy atom. The molecule has 1 aromatic rings. The Labute approximate surface area is 77.3 Å². The fourth-order valence-electron chi connectivity index (χ4n) is 1.89. The van der Waals surface area contributed by atoms with Crippen LogP contribution in [0.15, 0.2) is 6.33 Å². The SMILES string of the molecule is CC1(C)[C@@H](N)[C@@H]1CCn1cnnn1. The van der Waals surface area contributed by atoms with Gasteiger partial charge in [0.2, 0.25) is 0 Å². The molecule has 1 heterocycles.